The Morgan fingerprint density at radius 2 is 2.12 bits per heavy atom. The van der Waals surface area contributed by atoms with Gasteiger partial charge in [-0.3, -0.25) is 0 Å². The maximum absolute atomic E-state index is 5.26. The van der Waals surface area contributed by atoms with E-state index in [1.165, 1.54) is 12.8 Å². The van der Waals surface area contributed by atoms with Crippen molar-refractivity contribution in [2.45, 2.75) is 47.1 Å². The van der Waals surface area contributed by atoms with E-state index in [1.54, 1.807) is 6.26 Å². The van der Waals surface area contributed by atoms with Crippen molar-refractivity contribution in [2.75, 3.05) is 6.54 Å². The molecule has 2 heteroatoms. The van der Waals surface area contributed by atoms with Gasteiger partial charge < -0.3 is 9.73 Å². The Bertz CT molecular complexity index is 271. The van der Waals surface area contributed by atoms with Crippen molar-refractivity contribution < 1.29 is 4.42 Å². The van der Waals surface area contributed by atoms with E-state index in [0.717, 1.165) is 24.8 Å². The summed E-state index contributed by atoms with van der Waals surface area (Å²) < 4.78 is 5.26. The summed E-state index contributed by atoms with van der Waals surface area (Å²) in [5, 5.41) is 3.41. The van der Waals surface area contributed by atoms with E-state index in [2.05, 4.69) is 33.0 Å². The topological polar surface area (TPSA) is 25.2 Å². The van der Waals surface area contributed by atoms with Gasteiger partial charge in [0.2, 0.25) is 0 Å². The summed E-state index contributed by atoms with van der Waals surface area (Å²) in [5.74, 6) is 1.80. The van der Waals surface area contributed by atoms with Crippen molar-refractivity contribution in [3.8, 4) is 0 Å². The molecule has 0 saturated heterocycles. The molecule has 0 radical (unpaired) electrons. The van der Waals surface area contributed by atoms with Crippen LogP contribution in [-0.2, 0) is 6.54 Å². The number of rotatable bonds is 6. The summed E-state index contributed by atoms with van der Waals surface area (Å²) in [5.41, 5.74) is 0.445. The Morgan fingerprint density at radius 3 is 2.69 bits per heavy atom. The van der Waals surface area contributed by atoms with Crippen LogP contribution in [0.4, 0.5) is 0 Å². The normalized spacial score (nSPS) is 14.0. The number of nitrogens with one attached hydrogen (secondary N) is 1. The molecule has 1 aromatic heterocycles. The largest absolute Gasteiger partial charge is 0.468 e. The van der Waals surface area contributed by atoms with Gasteiger partial charge in [0.15, 0.2) is 0 Å². The van der Waals surface area contributed by atoms with E-state index in [9.17, 15) is 0 Å². The van der Waals surface area contributed by atoms with Gasteiger partial charge in [0.1, 0.15) is 5.76 Å². The molecule has 2 nitrogen and oxygen atoms in total. The third-order valence-corrected chi connectivity index (χ3v) is 2.65. The molecule has 0 aromatic carbocycles. The van der Waals surface area contributed by atoms with E-state index < -0.39 is 0 Å². The molecule has 1 N–H and O–H groups in total. The summed E-state index contributed by atoms with van der Waals surface area (Å²) in [6.45, 7) is 11.2. The lowest BCUT2D eigenvalue weighted by Crippen LogP contribution is -2.19. The molecule has 16 heavy (non-hydrogen) atoms. The molecule has 0 aliphatic heterocycles. The molecule has 0 saturated carbocycles. The number of hydrogen-bond donors (Lipinski definition) is 1. The lowest BCUT2D eigenvalue weighted by atomic mass is 9.84. The predicted octanol–water partition coefficient (Wildman–Crippen LogP) is 3.83. The Kier molecular flexibility index (Phi) is 5.07. The highest BCUT2D eigenvalue weighted by atomic mass is 16.3. The van der Waals surface area contributed by atoms with E-state index >= 15 is 0 Å². The lowest BCUT2D eigenvalue weighted by Gasteiger charge is -2.23. The van der Waals surface area contributed by atoms with Crippen LogP contribution in [0.15, 0.2) is 22.8 Å². The van der Waals surface area contributed by atoms with E-state index in [0.29, 0.717) is 5.41 Å². The molecule has 0 fully saturated rings. The molecule has 1 aromatic rings. The highest BCUT2D eigenvalue weighted by Crippen LogP contribution is 2.25. The molecule has 0 spiro atoms. The second-order valence-electron chi connectivity index (χ2n) is 5.91. The van der Waals surface area contributed by atoms with E-state index in [1.807, 2.05) is 12.1 Å². The Hall–Kier alpha value is -0.760. The molecule has 92 valence electrons. The van der Waals surface area contributed by atoms with Gasteiger partial charge in [0, 0.05) is 0 Å². The summed E-state index contributed by atoms with van der Waals surface area (Å²) in [4.78, 5) is 0. The van der Waals surface area contributed by atoms with Gasteiger partial charge >= 0.3 is 0 Å². The molecule has 0 amide bonds. The molecule has 0 aliphatic carbocycles. The maximum atomic E-state index is 5.26. The standard InChI is InChI=1S/C14H25NO/c1-12(10-14(2,3)4)7-8-15-11-13-6-5-9-16-13/h5-6,9,12,15H,7-8,10-11H2,1-4H3. The van der Waals surface area contributed by atoms with Crippen molar-refractivity contribution >= 4 is 0 Å². The minimum absolute atomic E-state index is 0.445. The average molecular weight is 223 g/mol. The Morgan fingerprint density at radius 1 is 1.38 bits per heavy atom. The average Bonchev–Trinajstić information content (AvgIpc) is 2.62. The first-order valence-electron chi connectivity index (χ1n) is 6.20. The zero-order valence-electron chi connectivity index (χ0n) is 11.0. The maximum Gasteiger partial charge on any atom is 0.117 e. The summed E-state index contributed by atoms with van der Waals surface area (Å²) in [7, 11) is 0. The van der Waals surface area contributed by atoms with Crippen molar-refractivity contribution in [1.82, 2.24) is 5.32 Å². The molecule has 0 bridgehead atoms. The van der Waals surface area contributed by atoms with Gasteiger partial charge in [0.05, 0.1) is 12.8 Å². The molecule has 1 unspecified atom stereocenters. The van der Waals surface area contributed by atoms with Gasteiger partial charge in [-0.1, -0.05) is 27.7 Å². The Labute approximate surface area is 99.4 Å². The van der Waals surface area contributed by atoms with Crippen molar-refractivity contribution in [2.24, 2.45) is 11.3 Å². The first-order valence-corrected chi connectivity index (χ1v) is 6.20. The third kappa shape index (κ3) is 5.96. The molecular weight excluding hydrogens is 198 g/mol. The van der Waals surface area contributed by atoms with Crippen LogP contribution in [0.2, 0.25) is 0 Å². The predicted molar refractivity (Wildman–Crippen MR) is 68.3 cm³/mol. The van der Waals surface area contributed by atoms with E-state index in [4.69, 9.17) is 4.42 Å². The first-order chi connectivity index (χ1) is 7.47. The lowest BCUT2D eigenvalue weighted by molar-refractivity contribution is 0.294. The van der Waals surface area contributed by atoms with Gasteiger partial charge in [-0.2, -0.15) is 0 Å². The van der Waals surface area contributed by atoms with E-state index in [-0.39, 0.29) is 0 Å². The number of hydrogen-bond acceptors (Lipinski definition) is 2. The fourth-order valence-electron chi connectivity index (χ4n) is 2.12. The van der Waals surface area contributed by atoms with Crippen LogP contribution in [0.1, 0.15) is 46.3 Å². The zero-order valence-corrected chi connectivity index (χ0v) is 11.0. The van der Waals surface area contributed by atoms with Crippen LogP contribution in [0.25, 0.3) is 0 Å². The number of furan rings is 1. The van der Waals surface area contributed by atoms with Crippen LogP contribution in [0, 0.1) is 11.3 Å². The van der Waals surface area contributed by atoms with Gasteiger partial charge in [-0.05, 0) is 42.9 Å². The van der Waals surface area contributed by atoms with Gasteiger partial charge in [0.25, 0.3) is 0 Å². The molecule has 1 rings (SSSR count). The minimum Gasteiger partial charge on any atom is -0.468 e. The second kappa shape index (κ2) is 6.09. The SMILES string of the molecule is CC(CCNCc1ccco1)CC(C)(C)C. The van der Waals surface area contributed by atoms with Crippen LogP contribution in [0.3, 0.4) is 0 Å². The minimum atomic E-state index is 0.445. The van der Waals surface area contributed by atoms with Gasteiger partial charge in [-0.15, -0.1) is 0 Å². The van der Waals surface area contributed by atoms with Crippen molar-refractivity contribution in [1.29, 1.82) is 0 Å². The van der Waals surface area contributed by atoms with Crippen molar-refractivity contribution in [3.63, 3.8) is 0 Å². The van der Waals surface area contributed by atoms with Crippen molar-refractivity contribution in [3.05, 3.63) is 24.2 Å². The molecule has 0 aliphatic rings. The fraction of sp³-hybridized carbons (Fsp3) is 0.714. The fourth-order valence-corrected chi connectivity index (χ4v) is 2.12. The van der Waals surface area contributed by atoms with Crippen LogP contribution in [0.5, 0.6) is 0 Å². The monoisotopic (exact) mass is 223 g/mol. The molecule has 1 atom stereocenters. The second-order valence-corrected chi connectivity index (χ2v) is 5.91. The summed E-state index contributed by atoms with van der Waals surface area (Å²) >= 11 is 0. The smallest absolute Gasteiger partial charge is 0.117 e. The quantitative estimate of drug-likeness (QED) is 0.741. The molecular formula is C14H25NO. The highest BCUT2D eigenvalue weighted by Gasteiger charge is 2.14. The van der Waals surface area contributed by atoms with Gasteiger partial charge in [-0.25, -0.2) is 0 Å². The first kappa shape index (κ1) is 13.3. The zero-order chi connectivity index (χ0) is 12.0. The molecule has 1 heterocycles. The van der Waals surface area contributed by atoms with Crippen LogP contribution in [-0.4, -0.2) is 6.54 Å². The summed E-state index contributed by atoms with van der Waals surface area (Å²) in [6.07, 6.45) is 4.24. The summed E-state index contributed by atoms with van der Waals surface area (Å²) in [6, 6.07) is 3.94. The Balaban J connectivity index is 2.07. The highest BCUT2D eigenvalue weighted by molar-refractivity contribution is 4.97. The van der Waals surface area contributed by atoms with Crippen LogP contribution < -0.4 is 5.32 Å². The van der Waals surface area contributed by atoms with Crippen LogP contribution >= 0.6 is 0 Å². The third-order valence-electron chi connectivity index (χ3n) is 2.65.